The van der Waals surface area contributed by atoms with Crippen LogP contribution in [0.2, 0.25) is 5.82 Å². The van der Waals surface area contributed by atoms with E-state index in [-0.39, 0.29) is 0 Å². The van der Waals surface area contributed by atoms with E-state index in [4.69, 9.17) is 0 Å². The first-order chi connectivity index (χ1) is 10.3. The molecule has 0 amide bonds. The van der Waals surface area contributed by atoms with Crippen LogP contribution in [0.5, 0.6) is 0 Å². The van der Waals surface area contributed by atoms with Crippen LogP contribution >= 0.6 is 0 Å². The van der Waals surface area contributed by atoms with Gasteiger partial charge in [-0.3, -0.25) is 9.98 Å². The number of hydrogen-bond donors (Lipinski definition) is 0. The maximum atomic E-state index is 4.57. The van der Waals surface area contributed by atoms with Crippen LogP contribution < -0.4 is 5.46 Å². The Hall–Kier alpha value is -1.38. The van der Waals surface area contributed by atoms with E-state index in [0.29, 0.717) is 0 Å². The third-order valence-corrected chi connectivity index (χ3v) is 3.92. The summed E-state index contributed by atoms with van der Waals surface area (Å²) in [5.74, 6) is 0.753. The largest absolute Gasteiger partial charge is 0.260 e. The number of hydrogen-bond acceptors (Lipinski definition) is 2. The quantitative estimate of drug-likeness (QED) is 0.367. The molecular weight excluding hydrogens is 255 g/mol. The zero-order valence-corrected chi connectivity index (χ0v) is 14.1. The molecular formula is C18H29BN2. The molecule has 0 aliphatic heterocycles. The van der Waals surface area contributed by atoms with Crippen LogP contribution in [-0.2, 0) is 0 Å². The summed E-state index contributed by atoms with van der Waals surface area (Å²) >= 11 is 0. The predicted octanol–water partition coefficient (Wildman–Crippen LogP) is 4.68. The molecule has 2 nitrogen and oxygen atoms in total. The topological polar surface area (TPSA) is 25.2 Å². The van der Waals surface area contributed by atoms with Crippen molar-refractivity contribution in [3.05, 3.63) is 24.0 Å². The van der Waals surface area contributed by atoms with Crippen LogP contribution in [0.25, 0.3) is 6.08 Å². The molecule has 1 heterocycles. The number of rotatable bonds is 9. The van der Waals surface area contributed by atoms with E-state index in [2.05, 4.69) is 29.9 Å². The van der Waals surface area contributed by atoms with E-state index in [9.17, 15) is 0 Å². The number of pyridine rings is 1. The van der Waals surface area contributed by atoms with Crippen molar-refractivity contribution in [3.8, 4) is 0 Å². The van der Waals surface area contributed by atoms with Crippen molar-refractivity contribution in [2.24, 2.45) is 4.99 Å². The van der Waals surface area contributed by atoms with Crippen molar-refractivity contribution in [2.75, 3.05) is 0 Å². The van der Waals surface area contributed by atoms with Crippen molar-refractivity contribution in [1.82, 2.24) is 4.98 Å². The molecule has 1 rings (SSSR count). The van der Waals surface area contributed by atoms with Gasteiger partial charge >= 0.3 is 0 Å². The minimum atomic E-state index is 0.753. The third kappa shape index (κ3) is 5.87. The second kappa shape index (κ2) is 10.4. The van der Waals surface area contributed by atoms with Crippen LogP contribution in [-0.4, -0.2) is 18.5 Å². The molecule has 21 heavy (non-hydrogen) atoms. The molecule has 1 aromatic rings. The first-order valence-corrected chi connectivity index (χ1v) is 8.35. The first kappa shape index (κ1) is 17.7. The molecule has 1 unspecified atom stereocenters. The average Bonchev–Trinajstić information content (AvgIpc) is 2.49. The van der Waals surface area contributed by atoms with Gasteiger partial charge in [-0.05, 0) is 26.0 Å². The van der Waals surface area contributed by atoms with E-state index < -0.39 is 0 Å². The van der Waals surface area contributed by atoms with Gasteiger partial charge in [0.1, 0.15) is 0 Å². The molecule has 0 aromatic carbocycles. The molecule has 3 heteroatoms. The Labute approximate surface area is 131 Å². The lowest BCUT2D eigenvalue weighted by Gasteiger charge is -2.15. The standard InChI is InChI=1S/C18H29BN2/c1-5-9-10-12-15(7-3)19-16-13-14-21-17(11-6-2)18(16)20-8-4/h6,8,11,13-15,19H,5,7,9-10,12H2,1-4H3/b11-6-,20-8-. The lowest BCUT2D eigenvalue weighted by molar-refractivity contribution is 0.621. The molecule has 0 saturated heterocycles. The molecule has 114 valence electrons. The lowest BCUT2D eigenvalue weighted by Crippen LogP contribution is -2.21. The van der Waals surface area contributed by atoms with E-state index in [1.165, 1.54) is 37.6 Å². The summed E-state index contributed by atoms with van der Waals surface area (Å²) in [4.78, 5) is 9.03. The van der Waals surface area contributed by atoms with Gasteiger partial charge in [-0.1, -0.05) is 63.3 Å². The summed E-state index contributed by atoms with van der Waals surface area (Å²) < 4.78 is 0. The monoisotopic (exact) mass is 284 g/mol. The van der Waals surface area contributed by atoms with Gasteiger partial charge in [-0.15, -0.1) is 0 Å². The van der Waals surface area contributed by atoms with Crippen molar-refractivity contribution < 1.29 is 0 Å². The Morgan fingerprint density at radius 3 is 2.71 bits per heavy atom. The highest BCUT2D eigenvalue weighted by atomic mass is 14.8. The fourth-order valence-electron chi connectivity index (χ4n) is 2.68. The van der Waals surface area contributed by atoms with Gasteiger partial charge in [0.2, 0.25) is 0 Å². The summed E-state index contributed by atoms with van der Waals surface area (Å²) in [5, 5.41) is 0. The van der Waals surface area contributed by atoms with Crippen molar-refractivity contribution in [1.29, 1.82) is 0 Å². The van der Waals surface area contributed by atoms with Crippen molar-refractivity contribution >= 4 is 30.7 Å². The van der Waals surface area contributed by atoms with Gasteiger partial charge in [0.05, 0.1) is 11.4 Å². The smallest absolute Gasteiger partial charge is 0.163 e. The highest BCUT2D eigenvalue weighted by molar-refractivity contribution is 6.57. The summed E-state index contributed by atoms with van der Waals surface area (Å²) in [6, 6.07) is 2.14. The minimum absolute atomic E-state index is 0.753. The van der Waals surface area contributed by atoms with Crippen LogP contribution in [0.1, 0.15) is 65.5 Å². The summed E-state index contributed by atoms with van der Waals surface area (Å²) in [7, 11) is 1.11. The second-order valence-corrected chi connectivity index (χ2v) is 5.57. The van der Waals surface area contributed by atoms with Gasteiger partial charge in [0.25, 0.3) is 0 Å². The van der Waals surface area contributed by atoms with Crippen LogP contribution in [0.3, 0.4) is 0 Å². The van der Waals surface area contributed by atoms with Crippen LogP contribution in [0.15, 0.2) is 23.3 Å². The maximum Gasteiger partial charge on any atom is 0.163 e. The first-order valence-electron chi connectivity index (χ1n) is 8.35. The van der Waals surface area contributed by atoms with E-state index in [1.807, 2.05) is 38.4 Å². The fraction of sp³-hybridized carbons (Fsp3) is 0.556. The Bertz CT molecular complexity index is 466. The average molecular weight is 284 g/mol. The minimum Gasteiger partial charge on any atom is -0.260 e. The van der Waals surface area contributed by atoms with Crippen LogP contribution in [0, 0.1) is 0 Å². The SMILES string of the molecule is C/C=C\c1nccc(BC(CC)CCCCC)c1/N=C\C. The van der Waals surface area contributed by atoms with E-state index in [1.54, 1.807) is 0 Å². The van der Waals surface area contributed by atoms with Gasteiger partial charge in [0.15, 0.2) is 7.28 Å². The zero-order chi connectivity index (χ0) is 15.5. The van der Waals surface area contributed by atoms with Gasteiger partial charge in [0, 0.05) is 12.4 Å². The molecule has 1 aromatic heterocycles. The highest BCUT2D eigenvalue weighted by Crippen LogP contribution is 2.22. The molecule has 1 atom stereocenters. The second-order valence-electron chi connectivity index (χ2n) is 5.57. The highest BCUT2D eigenvalue weighted by Gasteiger charge is 2.14. The van der Waals surface area contributed by atoms with E-state index >= 15 is 0 Å². The Morgan fingerprint density at radius 1 is 1.29 bits per heavy atom. The Kier molecular flexibility index (Phi) is 8.73. The molecule has 0 saturated carbocycles. The number of unbranched alkanes of at least 4 members (excludes halogenated alkanes) is 2. The Morgan fingerprint density at radius 2 is 2.10 bits per heavy atom. The lowest BCUT2D eigenvalue weighted by atomic mass is 9.56. The molecule has 0 N–H and O–H groups in total. The van der Waals surface area contributed by atoms with E-state index in [0.717, 1.165) is 24.5 Å². The normalized spacial score (nSPS) is 13.1. The van der Waals surface area contributed by atoms with Gasteiger partial charge in [-0.25, -0.2) is 0 Å². The molecule has 0 radical (unpaired) electrons. The van der Waals surface area contributed by atoms with Crippen LogP contribution in [0.4, 0.5) is 5.69 Å². The number of allylic oxidation sites excluding steroid dienone is 1. The summed E-state index contributed by atoms with van der Waals surface area (Å²) in [6.07, 6.45) is 14.4. The van der Waals surface area contributed by atoms with Crippen molar-refractivity contribution in [2.45, 2.75) is 65.6 Å². The molecule has 0 aliphatic rings. The number of aromatic nitrogens is 1. The molecule has 0 spiro atoms. The molecule has 0 fully saturated rings. The summed E-state index contributed by atoms with van der Waals surface area (Å²) in [5.41, 5.74) is 3.36. The molecule has 0 aliphatic carbocycles. The number of nitrogens with zero attached hydrogens (tertiary/aromatic N) is 2. The van der Waals surface area contributed by atoms with Crippen molar-refractivity contribution in [3.63, 3.8) is 0 Å². The fourth-order valence-corrected chi connectivity index (χ4v) is 2.68. The molecule has 0 bridgehead atoms. The summed E-state index contributed by atoms with van der Waals surface area (Å²) in [6.45, 7) is 8.55. The Balaban J connectivity index is 2.92. The number of aliphatic imine (C=N–C) groups is 1. The predicted molar refractivity (Wildman–Crippen MR) is 97.7 cm³/mol. The van der Waals surface area contributed by atoms with Gasteiger partial charge < -0.3 is 0 Å². The third-order valence-electron chi connectivity index (χ3n) is 3.92. The van der Waals surface area contributed by atoms with Gasteiger partial charge in [-0.2, -0.15) is 0 Å². The maximum absolute atomic E-state index is 4.57. The zero-order valence-electron chi connectivity index (χ0n) is 14.1.